The summed E-state index contributed by atoms with van der Waals surface area (Å²) in [6.45, 7) is 1.62. The fraction of sp³-hybridized carbons (Fsp3) is 0.900. The predicted octanol–water partition coefficient (Wildman–Crippen LogP) is 2.84. The van der Waals surface area contributed by atoms with Gasteiger partial charge in [0.1, 0.15) is 6.10 Å². The number of halogens is 2. The Morgan fingerprint density at radius 3 is 2.75 bits per heavy atom. The number of carbonyl (C=O) groups excluding carboxylic acids is 1. The first-order valence-electron chi connectivity index (χ1n) is 5.30. The molecule has 0 spiro atoms. The van der Waals surface area contributed by atoms with Crippen molar-refractivity contribution in [3.8, 4) is 0 Å². The topological polar surface area (TPSA) is 55.8 Å². The van der Waals surface area contributed by atoms with Crippen LogP contribution in [0.2, 0.25) is 0 Å². The summed E-state index contributed by atoms with van der Waals surface area (Å²) >= 11 is 10.5. The molecule has 0 bridgehead atoms. The molecule has 1 N–H and O–H groups in total. The Bertz CT molecular complexity index is 239. The third kappa shape index (κ3) is 5.77. The fourth-order valence-electron chi connectivity index (χ4n) is 1.80. The Balaban J connectivity index is 2.23. The van der Waals surface area contributed by atoms with Gasteiger partial charge in [0.05, 0.1) is 0 Å². The van der Waals surface area contributed by atoms with Gasteiger partial charge < -0.3 is 14.6 Å². The Morgan fingerprint density at radius 1 is 1.50 bits per heavy atom. The van der Waals surface area contributed by atoms with Crippen molar-refractivity contribution in [2.24, 2.45) is 5.92 Å². The summed E-state index contributed by atoms with van der Waals surface area (Å²) in [5.74, 6) is 0.560. The van der Waals surface area contributed by atoms with Crippen LogP contribution >= 0.6 is 23.2 Å². The highest BCUT2D eigenvalue weighted by molar-refractivity contribution is 6.47. The Morgan fingerprint density at radius 2 is 2.19 bits per heavy atom. The molecule has 1 fully saturated rings. The fourth-order valence-corrected chi connectivity index (χ4v) is 1.91. The molecule has 94 valence electrons. The molecule has 0 aromatic heterocycles. The standard InChI is InChI=1S/C10H16Cl2O4/c1-7-3-2-4-8(5-7)16-9(13)15-6-10(11,12)14/h7-8,14H,2-6H2,1H3. The van der Waals surface area contributed by atoms with Gasteiger partial charge in [-0.2, -0.15) is 0 Å². The third-order valence-electron chi connectivity index (χ3n) is 2.51. The number of hydrogen-bond acceptors (Lipinski definition) is 4. The summed E-state index contributed by atoms with van der Waals surface area (Å²) in [6.07, 6.45) is 2.98. The molecule has 6 heteroatoms. The van der Waals surface area contributed by atoms with Crippen molar-refractivity contribution >= 4 is 29.4 Å². The number of rotatable bonds is 3. The summed E-state index contributed by atoms with van der Waals surface area (Å²) in [6, 6.07) is 0. The van der Waals surface area contributed by atoms with Crippen LogP contribution in [0, 0.1) is 5.92 Å². The van der Waals surface area contributed by atoms with Crippen LogP contribution in [0.4, 0.5) is 4.79 Å². The summed E-state index contributed by atoms with van der Waals surface area (Å²) < 4.78 is 7.58. The Hall–Kier alpha value is -0.190. The molecule has 4 nitrogen and oxygen atoms in total. The highest BCUT2D eigenvalue weighted by atomic mass is 35.5. The minimum atomic E-state index is -2.06. The lowest BCUT2D eigenvalue weighted by Crippen LogP contribution is -2.28. The quantitative estimate of drug-likeness (QED) is 0.633. The molecule has 1 aliphatic carbocycles. The molecule has 0 aromatic carbocycles. The largest absolute Gasteiger partial charge is 0.508 e. The predicted molar refractivity (Wildman–Crippen MR) is 60.5 cm³/mol. The highest BCUT2D eigenvalue weighted by Gasteiger charge is 2.26. The van der Waals surface area contributed by atoms with Gasteiger partial charge in [0.15, 0.2) is 6.61 Å². The summed E-state index contributed by atoms with van der Waals surface area (Å²) in [7, 11) is 0. The molecule has 0 radical (unpaired) electrons. The van der Waals surface area contributed by atoms with Gasteiger partial charge in [0.25, 0.3) is 0 Å². The van der Waals surface area contributed by atoms with Gasteiger partial charge in [-0.1, -0.05) is 36.5 Å². The van der Waals surface area contributed by atoms with E-state index >= 15 is 0 Å². The van der Waals surface area contributed by atoms with E-state index in [0.29, 0.717) is 5.92 Å². The van der Waals surface area contributed by atoms with Crippen LogP contribution in [0.5, 0.6) is 0 Å². The molecule has 0 aromatic rings. The van der Waals surface area contributed by atoms with Crippen molar-refractivity contribution in [1.82, 2.24) is 0 Å². The first-order chi connectivity index (χ1) is 7.37. The summed E-state index contributed by atoms with van der Waals surface area (Å²) in [4.78, 5) is 11.2. The van der Waals surface area contributed by atoms with Crippen LogP contribution in [0.3, 0.4) is 0 Å². The van der Waals surface area contributed by atoms with Gasteiger partial charge in [-0.15, -0.1) is 0 Å². The van der Waals surface area contributed by atoms with Crippen LogP contribution in [-0.2, 0) is 9.47 Å². The van der Waals surface area contributed by atoms with Crippen LogP contribution in [0.15, 0.2) is 0 Å². The third-order valence-corrected chi connectivity index (χ3v) is 2.73. The zero-order chi connectivity index (χ0) is 12.2. The average Bonchev–Trinajstić information content (AvgIpc) is 2.14. The van der Waals surface area contributed by atoms with Crippen molar-refractivity contribution < 1.29 is 19.4 Å². The molecule has 0 heterocycles. The van der Waals surface area contributed by atoms with Gasteiger partial charge >= 0.3 is 6.16 Å². The SMILES string of the molecule is CC1CCCC(OC(=O)OCC(O)(Cl)Cl)C1. The normalized spacial score (nSPS) is 26.2. The lowest BCUT2D eigenvalue weighted by atomic mass is 9.89. The lowest BCUT2D eigenvalue weighted by Gasteiger charge is -2.26. The van der Waals surface area contributed by atoms with E-state index < -0.39 is 17.3 Å². The van der Waals surface area contributed by atoms with E-state index in [1.165, 1.54) is 0 Å². The van der Waals surface area contributed by atoms with Crippen molar-refractivity contribution in [3.63, 3.8) is 0 Å². The van der Waals surface area contributed by atoms with Crippen molar-refractivity contribution in [2.75, 3.05) is 6.61 Å². The highest BCUT2D eigenvalue weighted by Crippen LogP contribution is 2.26. The number of aliphatic hydroxyl groups is 1. The Labute approximate surface area is 105 Å². The second-order valence-electron chi connectivity index (χ2n) is 4.22. The molecule has 0 saturated heterocycles. The first kappa shape index (κ1) is 13.9. The van der Waals surface area contributed by atoms with Crippen LogP contribution in [0.25, 0.3) is 0 Å². The summed E-state index contributed by atoms with van der Waals surface area (Å²) in [5.41, 5.74) is 0. The Kier molecular flexibility index (Phi) is 5.15. The van der Waals surface area contributed by atoms with E-state index in [0.717, 1.165) is 25.7 Å². The van der Waals surface area contributed by atoms with E-state index in [1.807, 2.05) is 0 Å². The maximum atomic E-state index is 11.2. The average molecular weight is 271 g/mol. The molecule has 16 heavy (non-hydrogen) atoms. The van der Waals surface area contributed by atoms with Gasteiger partial charge in [-0.3, -0.25) is 0 Å². The molecule has 2 unspecified atom stereocenters. The van der Waals surface area contributed by atoms with E-state index in [2.05, 4.69) is 11.7 Å². The molecule has 2 atom stereocenters. The maximum Gasteiger partial charge on any atom is 0.508 e. The first-order valence-corrected chi connectivity index (χ1v) is 6.06. The van der Waals surface area contributed by atoms with Crippen molar-refractivity contribution in [1.29, 1.82) is 0 Å². The molecular formula is C10H16Cl2O4. The maximum absolute atomic E-state index is 11.2. The van der Waals surface area contributed by atoms with E-state index in [-0.39, 0.29) is 6.10 Å². The van der Waals surface area contributed by atoms with Crippen LogP contribution in [-0.4, -0.2) is 28.5 Å². The zero-order valence-electron chi connectivity index (χ0n) is 9.12. The second-order valence-corrected chi connectivity index (χ2v) is 5.66. The monoisotopic (exact) mass is 270 g/mol. The van der Waals surface area contributed by atoms with Crippen molar-refractivity contribution in [2.45, 2.75) is 43.2 Å². The molecule has 0 amide bonds. The smallest absolute Gasteiger partial charge is 0.431 e. The lowest BCUT2D eigenvalue weighted by molar-refractivity contribution is -0.0101. The molecule has 1 aliphatic rings. The molecular weight excluding hydrogens is 255 g/mol. The van der Waals surface area contributed by atoms with Crippen LogP contribution in [0.1, 0.15) is 32.6 Å². The number of alkyl halides is 2. The number of ether oxygens (including phenoxy) is 2. The van der Waals surface area contributed by atoms with Gasteiger partial charge in [-0.25, -0.2) is 4.79 Å². The summed E-state index contributed by atoms with van der Waals surface area (Å²) in [5, 5.41) is 8.91. The van der Waals surface area contributed by atoms with Gasteiger partial charge in [0.2, 0.25) is 4.52 Å². The van der Waals surface area contributed by atoms with E-state index in [1.54, 1.807) is 0 Å². The van der Waals surface area contributed by atoms with E-state index in [4.69, 9.17) is 33.0 Å². The van der Waals surface area contributed by atoms with Crippen molar-refractivity contribution in [3.05, 3.63) is 0 Å². The van der Waals surface area contributed by atoms with Gasteiger partial charge in [-0.05, 0) is 25.2 Å². The number of hydrogen-bond donors (Lipinski definition) is 1. The van der Waals surface area contributed by atoms with Gasteiger partial charge in [0, 0.05) is 0 Å². The number of carbonyl (C=O) groups is 1. The zero-order valence-corrected chi connectivity index (χ0v) is 10.6. The minimum absolute atomic E-state index is 0.102. The van der Waals surface area contributed by atoms with Crippen LogP contribution < -0.4 is 0 Å². The molecule has 0 aliphatic heterocycles. The van der Waals surface area contributed by atoms with E-state index in [9.17, 15) is 4.79 Å². The molecule has 1 rings (SSSR count). The molecule has 1 saturated carbocycles. The second kappa shape index (κ2) is 5.94. The minimum Gasteiger partial charge on any atom is -0.431 e.